The smallest absolute Gasteiger partial charge is 0.347 e. The minimum atomic E-state index is -4.54. The maximum atomic E-state index is 13.3. The number of nitrogens with one attached hydrogen (secondary N) is 1. The molecule has 0 radical (unpaired) electrons. The van der Waals surface area contributed by atoms with Gasteiger partial charge in [-0.3, -0.25) is 4.79 Å². The summed E-state index contributed by atoms with van der Waals surface area (Å²) in [6, 6.07) is 2.57. The first-order chi connectivity index (χ1) is 9.81. The van der Waals surface area contributed by atoms with E-state index in [1.54, 1.807) is 13.0 Å². The first-order valence-electron chi connectivity index (χ1n) is 6.77. The van der Waals surface area contributed by atoms with Crippen molar-refractivity contribution < 1.29 is 18.0 Å². The fraction of sp³-hybridized carbons (Fsp3) is 0.500. The van der Waals surface area contributed by atoms with Gasteiger partial charge in [-0.15, -0.1) is 0 Å². The van der Waals surface area contributed by atoms with E-state index in [0.717, 1.165) is 6.07 Å². The van der Waals surface area contributed by atoms with Gasteiger partial charge in [0.25, 0.3) is 5.91 Å². The van der Waals surface area contributed by atoms with Crippen LogP contribution in [0.5, 0.6) is 0 Å². The minimum Gasteiger partial charge on any atom is -0.347 e. The van der Waals surface area contributed by atoms with Crippen LogP contribution in [0.1, 0.15) is 39.9 Å². The fourth-order valence-corrected chi connectivity index (χ4v) is 3.46. The number of alkyl halides is 3. The molecule has 3 rings (SSSR count). The van der Waals surface area contributed by atoms with Gasteiger partial charge in [0.1, 0.15) is 0 Å². The molecule has 2 aliphatic rings. The average Bonchev–Trinajstić information content (AvgIpc) is 2.77. The topological polar surface area (TPSA) is 32.3 Å². The normalized spacial score (nSPS) is 25.5. The van der Waals surface area contributed by atoms with E-state index in [4.69, 9.17) is 11.8 Å². The zero-order valence-electron chi connectivity index (χ0n) is 11.3. The van der Waals surface area contributed by atoms with Crippen molar-refractivity contribution in [3.63, 3.8) is 0 Å². The van der Waals surface area contributed by atoms with Crippen LogP contribution in [0, 0.1) is 0 Å². The van der Waals surface area contributed by atoms with Gasteiger partial charge < -0.3 is 5.32 Å². The van der Waals surface area contributed by atoms with E-state index in [-0.39, 0.29) is 17.5 Å². The lowest BCUT2D eigenvalue weighted by Gasteiger charge is -2.30. The van der Waals surface area contributed by atoms with E-state index in [0.29, 0.717) is 30.6 Å². The highest BCUT2D eigenvalue weighted by Gasteiger charge is 2.45. The van der Waals surface area contributed by atoms with Crippen molar-refractivity contribution in [2.24, 2.45) is 0 Å². The van der Waals surface area contributed by atoms with Gasteiger partial charge in [0.2, 0.25) is 0 Å². The molecule has 0 saturated carbocycles. The Labute approximate surface area is 125 Å². The number of carbonyl (C=O) groups is 1. The number of amides is 1. The van der Waals surface area contributed by atoms with Crippen molar-refractivity contribution in [2.45, 2.75) is 31.5 Å². The summed E-state index contributed by atoms with van der Waals surface area (Å²) in [6.45, 7) is 2.67. The zero-order chi connectivity index (χ0) is 15.4. The number of nitrogens with zero attached hydrogens (tertiary/aromatic N) is 1. The zero-order valence-corrected chi connectivity index (χ0v) is 12.1. The summed E-state index contributed by atoms with van der Waals surface area (Å²) in [7, 11) is 0. The third-order valence-electron chi connectivity index (χ3n) is 4.16. The summed E-state index contributed by atoms with van der Waals surface area (Å²) >= 11 is 5.96. The van der Waals surface area contributed by atoms with Crippen LogP contribution in [0.3, 0.4) is 0 Å². The van der Waals surface area contributed by atoms with Crippen LogP contribution >= 0.6 is 11.8 Å². The molecule has 2 heterocycles. The lowest BCUT2D eigenvalue weighted by atomic mass is 9.82. The minimum absolute atomic E-state index is 0.192. The van der Waals surface area contributed by atoms with Gasteiger partial charge >= 0.3 is 6.18 Å². The molecule has 2 atom stereocenters. The van der Waals surface area contributed by atoms with E-state index in [9.17, 15) is 18.0 Å². The molecule has 1 saturated heterocycles. The summed E-state index contributed by atoms with van der Waals surface area (Å²) in [4.78, 5) is 12.1. The summed E-state index contributed by atoms with van der Waals surface area (Å²) in [6.07, 6.45) is -4.06. The summed E-state index contributed by atoms with van der Waals surface area (Å²) < 4.78 is 41.3. The van der Waals surface area contributed by atoms with Gasteiger partial charge in [0, 0.05) is 19.0 Å². The van der Waals surface area contributed by atoms with Crippen molar-refractivity contribution in [1.29, 1.82) is 0 Å². The third kappa shape index (κ3) is 2.40. The van der Waals surface area contributed by atoms with Crippen LogP contribution in [-0.4, -0.2) is 29.5 Å². The van der Waals surface area contributed by atoms with Crippen LogP contribution in [0.25, 0.3) is 0 Å². The monoisotopic (exact) mass is 318 g/mol. The molecule has 114 valence electrons. The van der Waals surface area contributed by atoms with Crippen LogP contribution in [0.4, 0.5) is 13.2 Å². The summed E-state index contributed by atoms with van der Waals surface area (Å²) in [5.74, 6) is -0.851. The number of benzene rings is 1. The molecule has 0 unspecified atom stereocenters. The number of rotatable bonds is 1. The first-order valence-corrected chi connectivity index (χ1v) is 7.10. The maximum Gasteiger partial charge on any atom is 0.417 e. The Morgan fingerprint density at radius 2 is 2.10 bits per heavy atom. The molecule has 0 aromatic heterocycles. The third-order valence-corrected chi connectivity index (χ3v) is 4.44. The quantitative estimate of drug-likeness (QED) is 0.808. The first kappa shape index (κ1) is 14.7. The summed E-state index contributed by atoms with van der Waals surface area (Å²) in [5, 5.41) is 2.65. The standard InChI is InChI=1S/C14H14ClF3N2O/c1-2-7-3-8-9-5-20(15)6-11(9)19-13(21)12(8)10(4-7)14(16,17)18/h3-4,9,11H,2,5-6H2,1H3,(H,19,21)/t9-,11+/m1/s1. The van der Waals surface area contributed by atoms with E-state index in [1.165, 1.54) is 4.42 Å². The molecule has 0 bridgehead atoms. The molecule has 21 heavy (non-hydrogen) atoms. The number of fused-ring (bicyclic) bond motifs is 3. The Balaban J connectivity index is 2.21. The lowest BCUT2D eigenvalue weighted by Crippen LogP contribution is -2.45. The van der Waals surface area contributed by atoms with Crippen LogP contribution in [0.2, 0.25) is 0 Å². The van der Waals surface area contributed by atoms with Crippen LogP contribution < -0.4 is 5.32 Å². The van der Waals surface area contributed by atoms with Gasteiger partial charge in [-0.1, -0.05) is 13.0 Å². The fourth-order valence-electron chi connectivity index (χ4n) is 3.16. The lowest BCUT2D eigenvalue weighted by molar-refractivity contribution is -0.138. The highest BCUT2D eigenvalue weighted by atomic mass is 35.5. The van der Waals surface area contributed by atoms with Crippen molar-refractivity contribution >= 4 is 17.7 Å². The molecule has 2 aliphatic heterocycles. The van der Waals surface area contributed by atoms with Crippen LogP contribution in [-0.2, 0) is 12.6 Å². The molecule has 0 aliphatic carbocycles. The Hall–Kier alpha value is -1.27. The number of carbonyl (C=O) groups excluding carboxylic acids is 1. The van der Waals surface area contributed by atoms with Crippen molar-refractivity contribution in [3.05, 3.63) is 34.4 Å². The molecule has 1 N–H and O–H groups in total. The van der Waals surface area contributed by atoms with Crippen molar-refractivity contribution in [2.75, 3.05) is 13.1 Å². The Kier molecular flexibility index (Phi) is 3.41. The van der Waals surface area contributed by atoms with Crippen LogP contribution in [0.15, 0.2) is 12.1 Å². The largest absolute Gasteiger partial charge is 0.417 e. The van der Waals surface area contributed by atoms with E-state index >= 15 is 0 Å². The molecule has 3 nitrogen and oxygen atoms in total. The molecular formula is C14H14ClF3N2O. The van der Waals surface area contributed by atoms with E-state index < -0.39 is 17.6 Å². The second-order valence-electron chi connectivity index (χ2n) is 5.47. The van der Waals surface area contributed by atoms with Gasteiger partial charge in [-0.25, -0.2) is 4.42 Å². The molecular weight excluding hydrogens is 305 g/mol. The second kappa shape index (κ2) is 4.88. The van der Waals surface area contributed by atoms with E-state index in [1.807, 2.05) is 0 Å². The van der Waals surface area contributed by atoms with E-state index in [2.05, 4.69) is 5.32 Å². The summed E-state index contributed by atoms with van der Waals surface area (Å²) in [5.41, 5.74) is -0.0325. The molecule has 1 aromatic carbocycles. The van der Waals surface area contributed by atoms with Gasteiger partial charge in [-0.2, -0.15) is 13.2 Å². The molecule has 7 heteroatoms. The Morgan fingerprint density at radius 1 is 1.38 bits per heavy atom. The molecule has 1 aromatic rings. The molecule has 1 fully saturated rings. The van der Waals surface area contributed by atoms with Crippen molar-refractivity contribution in [3.8, 4) is 0 Å². The van der Waals surface area contributed by atoms with Gasteiger partial charge in [0.05, 0.1) is 17.2 Å². The van der Waals surface area contributed by atoms with Gasteiger partial charge in [-0.05, 0) is 35.4 Å². The molecule has 1 amide bonds. The molecule has 0 spiro atoms. The Bertz CT molecular complexity index is 603. The maximum absolute atomic E-state index is 13.3. The number of hydrogen-bond donors (Lipinski definition) is 1. The number of aryl methyl sites for hydroxylation is 1. The SMILES string of the molecule is CCc1cc2c(c(C(F)(F)F)c1)C(=O)N[C@H]1CN(Cl)C[C@H]21. The highest BCUT2D eigenvalue weighted by molar-refractivity contribution is 6.13. The second-order valence-corrected chi connectivity index (χ2v) is 5.95. The number of halogens is 4. The van der Waals surface area contributed by atoms with Crippen molar-refractivity contribution in [1.82, 2.24) is 9.74 Å². The Morgan fingerprint density at radius 3 is 2.71 bits per heavy atom. The predicted octanol–water partition coefficient (Wildman–Crippen LogP) is 2.93. The predicted molar refractivity (Wildman–Crippen MR) is 72.2 cm³/mol. The van der Waals surface area contributed by atoms with Gasteiger partial charge in [0.15, 0.2) is 0 Å². The highest BCUT2D eigenvalue weighted by Crippen LogP contribution is 2.41. The number of hydrogen-bond acceptors (Lipinski definition) is 2. The average molecular weight is 319 g/mol.